The zero-order valence-electron chi connectivity index (χ0n) is 17.3. The van der Waals surface area contributed by atoms with Crippen LogP contribution in [0.25, 0.3) is 10.2 Å². The van der Waals surface area contributed by atoms with Crippen LogP contribution in [0, 0.1) is 0 Å². The highest BCUT2D eigenvalue weighted by Gasteiger charge is 2.18. The van der Waals surface area contributed by atoms with Crippen LogP contribution in [0.4, 0.5) is 0 Å². The van der Waals surface area contributed by atoms with E-state index in [0.717, 1.165) is 12.0 Å². The Labute approximate surface area is 174 Å². The van der Waals surface area contributed by atoms with Crippen molar-refractivity contribution in [2.24, 2.45) is 0 Å². The molecule has 29 heavy (non-hydrogen) atoms. The van der Waals surface area contributed by atoms with Gasteiger partial charge in [0.05, 0.1) is 12.1 Å². The maximum absolute atomic E-state index is 12.8. The molecular weight excluding hydrogens is 386 g/mol. The zero-order chi connectivity index (χ0) is 21.0. The summed E-state index contributed by atoms with van der Waals surface area (Å²) in [6.45, 7) is 9.18. The van der Waals surface area contributed by atoms with E-state index in [0.29, 0.717) is 28.3 Å². The second-order valence-corrected chi connectivity index (χ2v) is 8.95. The fourth-order valence-electron chi connectivity index (χ4n) is 3.03. The fourth-order valence-corrected chi connectivity index (χ4v) is 3.75. The SMILES string of the molecule is CCCN(Cc1nc2ccsc2c(=O)[nH]1)C(=O)COc1cccc(C(C)(C)C)c1. The molecule has 154 valence electrons. The summed E-state index contributed by atoms with van der Waals surface area (Å²) in [5.41, 5.74) is 1.65. The number of fused-ring (bicyclic) bond motifs is 1. The van der Waals surface area contributed by atoms with Crippen LogP contribution in [-0.4, -0.2) is 33.9 Å². The number of H-pyrrole nitrogens is 1. The molecule has 0 aliphatic carbocycles. The first-order valence-corrected chi connectivity index (χ1v) is 10.6. The van der Waals surface area contributed by atoms with E-state index in [1.54, 1.807) is 4.90 Å². The summed E-state index contributed by atoms with van der Waals surface area (Å²) in [7, 11) is 0. The van der Waals surface area contributed by atoms with Crippen molar-refractivity contribution in [3.8, 4) is 5.75 Å². The molecule has 0 radical (unpaired) electrons. The molecule has 7 heteroatoms. The summed E-state index contributed by atoms with van der Waals surface area (Å²) < 4.78 is 6.37. The van der Waals surface area contributed by atoms with Crippen LogP contribution in [-0.2, 0) is 16.8 Å². The number of aromatic nitrogens is 2. The lowest BCUT2D eigenvalue weighted by Gasteiger charge is -2.22. The number of hydrogen-bond donors (Lipinski definition) is 1. The van der Waals surface area contributed by atoms with Gasteiger partial charge in [0.1, 0.15) is 16.3 Å². The highest BCUT2D eigenvalue weighted by atomic mass is 32.1. The molecule has 0 atom stereocenters. The third-order valence-electron chi connectivity index (χ3n) is 4.61. The summed E-state index contributed by atoms with van der Waals surface area (Å²) in [6.07, 6.45) is 0.802. The van der Waals surface area contributed by atoms with Crippen molar-refractivity contribution in [1.29, 1.82) is 0 Å². The second kappa shape index (κ2) is 8.78. The van der Waals surface area contributed by atoms with Gasteiger partial charge in [-0.2, -0.15) is 0 Å². The monoisotopic (exact) mass is 413 g/mol. The van der Waals surface area contributed by atoms with Crippen molar-refractivity contribution in [2.75, 3.05) is 13.2 Å². The minimum Gasteiger partial charge on any atom is -0.484 e. The summed E-state index contributed by atoms with van der Waals surface area (Å²) in [5, 5.41) is 1.84. The maximum atomic E-state index is 12.8. The number of amides is 1. The number of hydrogen-bond acceptors (Lipinski definition) is 5. The van der Waals surface area contributed by atoms with Gasteiger partial charge in [-0.1, -0.05) is 39.8 Å². The molecule has 1 amide bonds. The normalized spacial score (nSPS) is 11.6. The van der Waals surface area contributed by atoms with E-state index >= 15 is 0 Å². The third kappa shape index (κ3) is 5.23. The quantitative estimate of drug-likeness (QED) is 0.633. The van der Waals surface area contributed by atoms with Crippen LogP contribution >= 0.6 is 11.3 Å². The average molecular weight is 414 g/mol. The number of rotatable bonds is 7. The Bertz CT molecular complexity index is 1050. The van der Waals surface area contributed by atoms with Gasteiger partial charge in [0, 0.05) is 6.54 Å². The Balaban J connectivity index is 1.70. The molecule has 0 aliphatic heterocycles. The van der Waals surface area contributed by atoms with Gasteiger partial charge >= 0.3 is 0 Å². The first kappa shape index (κ1) is 21.0. The molecule has 0 fully saturated rings. The Morgan fingerprint density at radius 3 is 2.79 bits per heavy atom. The predicted octanol–water partition coefficient (Wildman–Crippen LogP) is 4.10. The molecule has 0 saturated carbocycles. The lowest BCUT2D eigenvalue weighted by molar-refractivity contribution is -0.134. The average Bonchev–Trinajstić information content (AvgIpc) is 3.14. The molecule has 2 aromatic heterocycles. The minimum absolute atomic E-state index is 0.00939. The molecule has 0 saturated heterocycles. The highest BCUT2D eigenvalue weighted by Crippen LogP contribution is 2.25. The molecule has 6 nitrogen and oxygen atoms in total. The molecule has 2 heterocycles. The van der Waals surface area contributed by atoms with Crippen molar-refractivity contribution in [2.45, 2.75) is 46.1 Å². The zero-order valence-corrected chi connectivity index (χ0v) is 18.1. The molecular formula is C22H27N3O3S. The molecule has 1 aromatic carbocycles. The van der Waals surface area contributed by atoms with Crippen molar-refractivity contribution < 1.29 is 9.53 Å². The van der Waals surface area contributed by atoms with Crippen LogP contribution in [0.5, 0.6) is 5.75 Å². The van der Waals surface area contributed by atoms with Crippen molar-refractivity contribution >= 4 is 27.5 Å². The first-order valence-electron chi connectivity index (χ1n) is 9.75. The molecule has 3 aromatic rings. The van der Waals surface area contributed by atoms with E-state index in [2.05, 4.69) is 36.8 Å². The standard InChI is InChI=1S/C22H27N3O3S/c1-5-10-25(13-18-23-17-9-11-29-20(17)21(27)24-18)19(26)14-28-16-8-6-7-15(12-16)22(2,3)4/h6-9,11-12H,5,10,13-14H2,1-4H3,(H,23,24,27). The van der Waals surface area contributed by atoms with Crippen LogP contribution in [0.2, 0.25) is 0 Å². The number of ether oxygens (including phenoxy) is 1. The Hall–Kier alpha value is -2.67. The number of nitrogens with one attached hydrogen (secondary N) is 1. The number of thiophene rings is 1. The van der Waals surface area contributed by atoms with Crippen LogP contribution in [0.1, 0.15) is 45.5 Å². The summed E-state index contributed by atoms with van der Waals surface area (Å²) in [6, 6.07) is 9.64. The highest BCUT2D eigenvalue weighted by molar-refractivity contribution is 7.17. The van der Waals surface area contributed by atoms with Crippen LogP contribution in [0.15, 0.2) is 40.5 Å². The van der Waals surface area contributed by atoms with Crippen molar-refractivity contribution in [3.63, 3.8) is 0 Å². The topological polar surface area (TPSA) is 75.3 Å². The van der Waals surface area contributed by atoms with E-state index in [1.165, 1.54) is 11.3 Å². The molecule has 0 aliphatic rings. The minimum atomic E-state index is -0.167. The fraction of sp³-hybridized carbons (Fsp3) is 0.409. The number of carbonyl (C=O) groups is 1. The van der Waals surface area contributed by atoms with Gasteiger partial charge in [-0.15, -0.1) is 11.3 Å². The Morgan fingerprint density at radius 1 is 1.28 bits per heavy atom. The van der Waals surface area contributed by atoms with Gasteiger partial charge in [0.2, 0.25) is 0 Å². The molecule has 3 rings (SSSR count). The van der Waals surface area contributed by atoms with E-state index < -0.39 is 0 Å². The van der Waals surface area contributed by atoms with Gasteiger partial charge < -0.3 is 14.6 Å². The van der Waals surface area contributed by atoms with E-state index in [-0.39, 0.29) is 30.0 Å². The summed E-state index contributed by atoms with van der Waals surface area (Å²) >= 11 is 1.36. The van der Waals surface area contributed by atoms with Gasteiger partial charge in [-0.25, -0.2) is 4.98 Å². The lowest BCUT2D eigenvalue weighted by atomic mass is 9.87. The summed E-state index contributed by atoms with van der Waals surface area (Å²) in [5.74, 6) is 1.02. The van der Waals surface area contributed by atoms with E-state index in [4.69, 9.17) is 4.74 Å². The molecule has 0 unspecified atom stereocenters. The molecule has 0 bridgehead atoms. The first-order chi connectivity index (χ1) is 13.8. The van der Waals surface area contributed by atoms with Crippen LogP contribution in [0.3, 0.4) is 0 Å². The Morgan fingerprint density at radius 2 is 2.07 bits per heavy atom. The number of benzene rings is 1. The summed E-state index contributed by atoms with van der Waals surface area (Å²) in [4.78, 5) is 33.9. The molecule has 0 spiro atoms. The Kier molecular flexibility index (Phi) is 6.37. The molecule has 1 N–H and O–H groups in total. The third-order valence-corrected chi connectivity index (χ3v) is 5.52. The van der Waals surface area contributed by atoms with E-state index in [1.807, 2.05) is 36.6 Å². The maximum Gasteiger partial charge on any atom is 0.268 e. The van der Waals surface area contributed by atoms with E-state index in [9.17, 15) is 9.59 Å². The van der Waals surface area contributed by atoms with Crippen molar-refractivity contribution in [3.05, 3.63) is 57.5 Å². The van der Waals surface area contributed by atoms with Crippen molar-refractivity contribution in [1.82, 2.24) is 14.9 Å². The smallest absolute Gasteiger partial charge is 0.268 e. The number of carbonyl (C=O) groups excluding carboxylic acids is 1. The second-order valence-electron chi connectivity index (χ2n) is 8.03. The van der Waals surface area contributed by atoms with Gasteiger partial charge in [-0.3, -0.25) is 9.59 Å². The van der Waals surface area contributed by atoms with Gasteiger partial charge in [-0.05, 0) is 41.0 Å². The van der Waals surface area contributed by atoms with Crippen LogP contribution < -0.4 is 10.3 Å². The number of nitrogens with zero attached hydrogens (tertiary/aromatic N) is 2. The van der Waals surface area contributed by atoms with Gasteiger partial charge in [0.15, 0.2) is 6.61 Å². The largest absolute Gasteiger partial charge is 0.484 e. The lowest BCUT2D eigenvalue weighted by Crippen LogP contribution is -2.36. The predicted molar refractivity (Wildman–Crippen MR) is 117 cm³/mol. The van der Waals surface area contributed by atoms with Gasteiger partial charge in [0.25, 0.3) is 11.5 Å². The number of aromatic amines is 1.